The number of benzene rings is 1. The Morgan fingerprint density at radius 1 is 1.15 bits per heavy atom. The van der Waals surface area contributed by atoms with Crippen LogP contribution in [0.15, 0.2) is 41.8 Å². The van der Waals surface area contributed by atoms with E-state index in [4.69, 9.17) is 9.47 Å². The average Bonchev–Trinajstić information content (AvgIpc) is 3.32. The second-order valence-electron chi connectivity index (χ2n) is 6.83. The molecule has 0 radical (unpaired) electrons. The summed E-state index contributed by atoms with van der Waals surface area (Å²) >= 11 is 1.36. The van der Waals surface area contributed by atoms with Gasteiger partial charge in [-0.25, -0.2) is 0 Å². The van der Waals surface area contributed by atoms with Crippen molar-refractivity contribution in [2.45, 2.75) is 26.1 Å². The zero-order chi connectivity index (χ0) is 19.3. The second-order valence-corrected chi connectivity index (χ2v) is 7.77. The van der Waals surface area contributed by atoms with Crippen LogP contribution in [0.1, 0.15) is 40.3 Å². The number of carbonyl (C=O) groups excluding carboxylic acids is 2. The van der Waals surface area contributed by atoms with Gasteiger partial charge in [0.05, 0.1) is 29.3 Å². The number of hydrogen-bond donors (Lipinski definition) is 2. The van der Waals surface area contributed by atoms with Crippen LogP contribution in [0.4, 0.5) is 5.69 Å². The molecular weight excluding hydrogens is 364 g/mol. The zero-order valence-electron chi connectivity index (χ0n) is 15.5. The van der Waals surface area contributed by atoms with Crippen LogP contribution in [0.25, 0.3) is 0 Å². The van der Waals surface area contributed by atoms with E-state index in [1.165, 1.54) is 11.3 Å². The molecule has 2 heterocycles. The van der Waals surface area contributed by atoms with Gasteiger partial charge in [-0.3, -0.25) is 9.59 Å². The highest BCUT2D eigenvalue weighted by Crippen LogP contribution is 2.26. The van der Waals surface area contributed by atoms with Crippen molar-refractivity contribution >= 4 is 28.8 Å². The number of rotatable bonds is 7. The maximum Gasteiger partial charge on any atom is 0.265 e. The molecule has 2 amide bonds. The van der Waals surface area contributed by atoms with Crippen molar-refractivity contribution in [1.29, 1.82) is 0 Å². The molecule has 0 bridgehead atoms. The fourth-order valence-corrected chi connectivity index (χ4v) is 3.74. The van der Waals surface area contributed by atoms with E-state index in [2.05, 4.69) is 10.6 Å². The zero-order valence-corrected chi connectivity index (χ0v) is 16.3. The van der Waals surface area contributed by atoms with Crippen LogP contribution in [0.3, 0.4) is 0 Å². The number of amides is 2. The molecule has 7 heteroatoms. The molecule has 1 atom stereocenters. The summed E-state index contributed by atoms with van der Waals surface area (Å²) < 4.78 is 11.2. The molecule has 1 saturated heterocycles. The van der Waals surface area contributed by atoms with Gasteiger partial charge in [-0.2, -0.15) is 0 Å². The van der Waals surface area contributed by atoms with Crippen LogP contribution < -0.4 is 10.6 Å². The molecule has 1 aliphatic rings. The van der Waals surface area contributed by atoms with E-state index in [1.807, 2.05) is 25.3 Å². The highest BCUT2D eigenvalue weighted by molar-refractivity contribution is 7.12. The first-order chi connectivity index (χ1) is 13.0. The largest absolute Gasteiger partial charge is 0.352 e. The predicted octanol–water partition coefficient (Wildman–Crippen LogP) is 3.52. The lowest BCUT2D eigenvalue weighted by Gasteiger charge is -2.26. The van der Waals surface area contributed by atoms with Gasteiger partial charge in [-0.15, -0.1) is 11.3 Å². The summed E-state index contributed by atoms with van der Waals surface area (Å²) in [5.74, 6) is -0.828. The predicted molar refractivity (Wildman–Crippen MR) is 105 cm³/mol. The second kappa shape index (κ2) is 8.65. The van der Waals surface area contributed by atoms with Crippen molar-refractivity contribution in [3.63, 3.8) is 0 Å². The Morgan fingerprint density at radius 3 is 2.59 bits per heavy atom. The van der Waals surface area contributed by atoms with E-state index < -0.39 is 5.79 Å². The summed E-state index contributed by atoms with van der Waals surface area (Å²) in [4.78, 5) is 25.5. The highest BCUT2D eigenvalue weighted by atomic mass is 32.1. The molecule has 1 unspecified atom stereocenters. The average molecular weight is 388 g/mol. The fourth-order valence-electron chi connectivity index (χ4n) is 3.12. The van der Waals surface area contributed by atoms with Crippen molar-refractivity contribution in [2.75, 3.05) is 25.1 Å². The monoisotopic (exact) mass is 388 g/mol. The van der Waals surface area contributed by atoms with Crippen LogP contribution in [0.2, 0.25) is 0 Å². The smallest absolute Gasteiger partial charge is 0.265 e. The molecule has 0 aliphatic carbocycles. The molecule has 1 fully saturated rings. The molecular formula is C20H24N2O4S. The van der Waals surface area contributed by atoms with Gasteiger partial charge in [0.25, 0.3) is 11.8 Å². The van der Waals surface area contributed by atoms with Crippen LogP contribution in [0, 0.1) is 5.92 Å². The molecule has 1 aliphatic heterocycles. The number of nitrogens with one attached hydrogen (secondary N) is 2. The van der Waals surface area contributed by atoms with Crippen molar-refractivity contribution < 1.29 is 19.1 Å². The molecule has 6 nitrogen and oxygen atoms in total. The van der Waals surface area contributed by atoms with E-state index in [0.717, 1.165) is 0 Å². The normalized spacial score (nSPS) is 16.7. The number of thiophene rings is 1. The molecule has 1 aromatic heterocycles. The SMILES string of the molecule is CC(CNC(=O)c1ccccc1NC(=O)c1cccs1)CC1(C)OCCO1. The minimum atomic E-state index is -0.573. The van der Waals surface area contributed by atoms with Gasteiger partial charge in [-0.1, -0.05) is 25.1 Å². The number of ether oxygens (including phenoxy) is 2. The maximum atomic E-state index is 12.6. The molecule has 0 saturated carbocycles. The van der Waals surface area contributed by atoms with Gasteiger partial charge < -0.3 is 20.1 Å². The molecule has 2 N–H and O–H groups in total. The number of anilines is 1. The van der Waals surface area contributed by atoms with Crippen LogP contribution in [-0.4, -0.2) is 37.4 Å². The van der Waals surface area contributed by atoms with E-state index >= 15 is 0 Å². The Kier molecular flexibility index (Phi) is 6.26. The van der Waals surface area contributed by atoms with Crippen LogP contribution >= 0.6 is 11.3 Å². The summed E-state index contributed by atoms with van der Waals surface area (Å²) in [6, 6.07) is 10.6. The fraction of sp³-hybridized carbons (Fsp3) is 0.400. The number of carbonyl (C=O) groups is 2. The third-order valence-electron chi connectivity index (χ3n) is 4.39. The molecule has 2 aromatic rings. The Hall–Kier alpha value is -2.22. The van der Waals surface area contributed by atoms with Gasteiger partial charge in [-0.05, 0) is 36.4 Å². The summed E-state index contributed by atoms with van der Waals surface area (Å²) in [7, 11) is 0. The van der Waals surface area contributed by atoms with E-state index in [1.54, 1.807) is 30.3 Å². The molecule has 0 spiro atoms. The van der Waals surface area contributed by atoms with Gasteiger partial charge >= 0.3 is 0 Å². The first-order valence-electron chi connectivity index (χ1n) is 8.97. The lowest BCUT2D eigenvalue weighted by Crippen LogP contribution is -2.34. The number of hydrogen-bond acceptors (Lipinski definition) is 5. The summed E-state index contributed by atoms with van der Waals surface area (Å²) in [6.07, 6.45) is 0.698. The van der Waals surface area contributed by atoms with Crippen molar-refractivity contribution in [3.05, 3.63) is 52.2 Å². The highest BCUT2D eigenvalue weighted by Gasteiger charge is 2.32. The van der Waals surface area contributed by atoms with Crippen molar-refractivity contribution in [3.8, 4) is 0 Å². The molecule has 27 heavy (non-hydrogen) atoms. The van der Waals surface area contributed by atoms with Crippen molar-refractivity contribution in [2.24, 2.45) is 5.92 Å². The van der Waals surface area contributed by atoms with E-state index in [-0.39, 0.29) is 17.7 Å². The Balaban J connectivity index is 1.59. The van der Waals surface area contributed by atoms with E-state index in [0.29, 0.717) is 42.3 Å². The van der Waals surface area contributed by atoms with Crippen LogP contribution in [-0.2, 0) is 9.47 Å². The summed E-state index contributed by atoms with van der Waals surface area (Å²) in [5.41, 5.74) is 0.935. The number of para-hydroxylation sites is 1. The minimum absolute atomic E-state index is 0.185. The maximum absolute atomic E-state index is 12.6. The van der Waals surface area contributed by atoms with Gasteiger partial charge in [0.2, 0.25) is 0 Å². The van der Waals surface area contributed by atoms with Gasteiger partial charge in [0.15, 0.2) is 5.79 Å². The summed E-state index contributed by atoms with van der Waals surface area (Å²) in [6.45, 7) is 5.67. The van der Waals surface area contributed by atoms with Gasteiger partial charge in [0, 0.05) is 13.0 Å². The molecule has 1 aromatic carbocycles. The minimum Gasteiger partial charge on any atom is -0.352 e. The molecule has 3 rings (SSSR count). The van der Waals surface area contributed by atoms with E-state index in [9.17, 15) is 9.59 Å². The standard InChI is InChI=1S/C20H24N2O4S/c1-14(12-20(2)25-9-10-26-20)13-21-18(23)15-6-3-4-7-16(15)22-19(24)17-8-5-11-27-17/h3-8,11,14H,9-10,12-13H2,1-2H3,(H,21,23)(H,22,24). The molecule has 144 valence electrons. The quantitative estimate of drug-likeness (QED) is 0.761. The third kappa shape index (κ3) is 5.15. The first-order valence-corrected chi connectivity index (χ1v) is 9.85. The third-order valence-corrected chi connectivity index (χ3v) is 5.26. The van der Waals surface area contributed by atoms with Gasteiger partial charge in [0.1, 0.15) is 0 Å². The lowest BCUT2D eigenvalue weighted by atomic mass is 10.0. The lowest BCUT2D eigenvalue weighted by molar-refractivity contribution is -0.153. The summed E-state index contributed by atoms with van der Waals surface area (Å²) in [5, 5.41) is 7.60. The van der Waals surface area contributed by atoms with Crippen LogP contribution in [0.5, 0.6) is 0 Å². The Bertz CT molecular complexity index is 785. The Morgan fingerprint density at radius 2 is 1.89 bits per heavy atom. The first kappa shape index (κ1) is 19.5. The Labute approximate surface area is 162 Å². The van der Waals surface area contributed by atoms with Crippen molar-refractivity contribution in [1.82, 2.24) is 5.32 Å². The topological polar surface area (TPSA) is 76.7 Å².